The highest BCUT2D eigenvalue weighted by Gasteiger charge is 2.24. The fourth-order valence-corrected chi connectivity index (χ4v) is 2.64. The second-order valence-electron chi connectivity index (χ2n) is 4.98. The zero-order valence-corrected chi connectivity index (χ0v) is 13.1. The Bertz CT molecular complexity index is 498. The van der Waals surface area contributed by atoms with E-state index >= 15 is 0 Å². The Morgan fingerprint density at radius 3 is 2.70 bits per heavy atom. The average molecular weight is 340 g/mol. The van der Waals surface area contributed by atoms with E-state index in [1.54, 1.807) is 17.0 Å². The summed E-state index contributed by atoms with van der Waals surface area (Å²) in [7, 11) is 0. The van der Waals surface area contributed by atoms with Crippen molar-refractivity contribution in [1.29, 1.82) is 0 Å². The Labute approximate surface area is 127 Å². The van der Waals surface area contributed by atoms with Gasteiger partial charge in [-0.15, -0.1) is 0 Å². The van der Waals surface area contributed by atoms with Gasteiger partial charge in [-0.25, -0.2) is 0 Å². The number of benzene rings is 1. The van der Waals surface area contributed by atoms with Crippen LogP contribution < -0.4 is 0 Å². The zero-order chi connectivity index (χ0) is 14.5. The van der Waals surface area contributed by atoms with Gasteiger partial charge in [-0.3, -0.25) is 9.59 Å². The molecule has 5 heteroatoms. The minimum atomic E-state index is -0.292. The predicted octanol–water partition coefficient (Wildman–Crippen LogP) is 2.52. The van der Waals surface area contributed by atoms with Crippen molar-refractivity contribution in [3.63, 3.8) is 0 Å². The molecule has 1 aromatic carbocycles. The van der Waals surface area contributed by atoms with E-state index in [4.69, 9.17) is 4.74 Å². The number of carbonyl (C=O) groups is 2. The maximum atomic E-state index is 12.2. The smallest absolute Gasteiger partial charge is 0.226 e. The molecule has 108 valence electrons. The van der Waals surface area contributed by atoms with E-state index in [0.717, 1.165) is 4.47 Å². The van der Waals surface area contributed by atoms with Crippen LogP contribution in [0.25, 0.3) is 0 Å². The van der Waals surface area contributed by atoms with Gasteiger partial charge in [-0.2, -0.15) is 0 Å². The molecule has 1 saturated heterocycles. The number of amides is 1. The molecular formula is C15H18BrNO3. The average Bonchev–Trinajstić information content (AvgIpc) is 2.47. The molecule has 0 N–H and O–H groups in total. The molecule has 0 bridgehead atoms. The quantitative estimate of drug-likeness (QED) is 0.792. The van der Waals surface area contributed by atoms with Crippen LogP contribution in [0.3, 0.4) is 0 Å². The molecule has 1 fully saturated rings. The molecule has 0 aromatic heterocycles. The largest absolute Gasteiger partial charge is 0.378 e. The van der Waals surface area contributed by atoms with E-state index in [0.29, 0.717) is 31.9 Å². The van der Waals surface area contributed by atoms with Gasteiger partial charge >= 0.3 is 0 Å². The van der Waals surface area contributed by atoms with Crippen molar-refractivity contribution in [3.8, 4) is 0 Å². The van der Waals surface area contributed by atoms with Crippen LogP contribution in [0.2, 0.25) is 0 Å². The molecular weight excluding hydrogens is 322 g/mol. The molecule has 0 radical (unpaired) electrons. The molecule has 1 unspecified atom stereocenters. The van der Waals surface area contributed by atoms with Crippen molar-refractivity contribution in [1.82, 2.24) is 4.90 Å². The van der Waals surface area contributed by atoms with Crippen molar-refractivity contribution in [2.75, 3.05) is 26.3 Å². The third-order valence-corrected chi connectivity index (χ3v) is 3.88. The number of halogens is 1. The second-order valence-corrected chi connectivity index (χ2v) is 5.89. The minimum absolute atomic E-state index is 0.000379. The summed E-state index contributed by atoms with van der Waals surface area (Å²) < 4.78 is 6.10. The number of ether oxygens (including phenoxy) is 1. The standard InChI is InChI=1S/C15H18BrNO3/c1-11(15(19)17-5-7-20-8-6-17)9-14(18)12-3-2-4-13(16)10-12/h2-4,10-11H,5-9H2,1H3. The molecule has 0 spiro atoms. The number of ketones is 1. The lowest BCUT2D eigenvalue weighted by Crippen LogP contribution is -2.43. The molecule has 1 aliphatic rings. The Morgan fingerprint density at radius 2 is 2.05 bits per heavy atom. The molecule has 1 atom stereocenters. The molecule has 1 amide bonds. The number of carbonyl (C=O) groups excluding carboxylic acids is 2. The maximum Gasteiger partial charge on any atom is 0.226 e. The highest BCUT2D eigenvalue weighted by molar-refractivity contribution is 9.10. The summed E-state index contributed by atoms with van der Waals surface area (Å²) in [6.07, 6.45) is 0.243. The predicted molar refractivity (Wildman–Crippen MR) is 79.7 cm³/mol. The summed E-state index contributed by atoms with van der Waals surface area (Å²) >= 11 is 3.35. The first kappa shape index (κ1) is 15.2. The number of nitrogens with zero attached hydrogens (tertiary/aromatic N) is 1. The van der Waals surface area contributed by atoms with E-state index in [-0.39, 0.29) is 24.0 Å². The van der Waals surface area contributed by atoms with Crippen LogP contribution in [0.5, 0.6) is 0 Å². The number of Topliss-reactive ketones (excluding diaryl/α,β-unsaturated/α-hetero) is 1. The molecule has 20 heavy (non-hydrogen) atoms. The minimum Gasteiger partial charge on any atom is -0.378 e. The highest BCUT2D eigenvalue weighted by Crippen LogP contribution is 2.17. The summed E-state index contributed by atoms with van der Waals surface area (Å²) in [5.74, 6) is -0.253. The maximum absolute atomic E-state index is 12.2. The van der Waals surface area contributed by atoms with Crippen molar-refractivity contribution in [2.45, 2.75) is 13.3 Å². The van der Waals surface area contributed by atoms with Gasteiger partial charge in [0.05, 0.1) is 13.2 Å². The summed E-state index contributed by atoms with van der Waals surface area (Å²) in [6, 6.07) is 7.26. The van der Waals surface area contributed by atoms with E-state index in [1.165, 1.54) is 0 Å². The Balaban J connectivity index is 1.94. The first-order chi connectivity index (χ1) is 9.58. The van der Waals surface area contributed by atoms with Gasteiger partial charge in [0.15, 0.2) is 5.78 Å². The van der Waals surface area contributed by atoms with Crippen LogP contribution in [0, 0.1) is 5.92 Å². The SMILES string of the molecule is CC(CC(=O)c1cccc(Br)c1)C(=O)N1CCOCC1. The van der Waals surface area contributed by atoms with Gasteiger partial charge in [0.1, 0.15) is 0 Å². The fraction of sp³-hybridized carbons (Fsp3) is 0.467. The van der Waals surface area contributed by atoms with Crippen molar-refractivity contribution in [3.05, 3.63) is 34.3 Å². The summed E-state index contributed by atoms with van der Waals surface area (Å²) in [4.78, 5) is 26.2. The molecule has 4 nitrogen and oxygen atoms in total. The van der Waals surface area contributed by atoms with Gasteiger partial charge in [-0.05, 0) is 12.1 Å². The molecule has 0 aliphatic carbocycles. The lowest BCUT2D eigenvalue weighted by molar-refractivity contribution is -0.139. The van der Waals surface area contributed by atoms with E-state index in [1.807, 2.05) is 19.1 Å². The monoisotopic (exact) mass is 339 g/mol. The summed E-state index contributed by atoms with van der Waals surface area (Å²) in [5, 5.41) is 0. The first-order valence-corrected chi connectivity index (χ1v) is 7.52. The van der Waals surface area contributed by atoms with Crippen molar-refractivity contribution >= 4 is 27.6 Å². The van der Waals surface area contributed by atoms with E-state index < -0.39 is 0 Å². The number of morpholine rings is 1. The molecule has 1 aliphatic heterocycles. The summed E-state index contributed by atoms with van der Waals surface area (Å²) in [6.45, 7) is 4.21. The third-order valence-electron chi connectivity index (χ3n) is 3.38. The topological polar surface area (TPSA) is 46.6 Å². The van der Waals surface area contributed by atoms with E-state index in [2.05, 4.69) is 15.9 Å². The fourth-order valence-electron chi connectivity index (χ4n) is 2.24. The Kier molecular flexibility index (Phi) is 5.31. The normalized spacial score (nSPS) is 16.8. The van der Waals surface area contributed by atoms with Crippen LogP contribution in [0.1, 0.15) is 23.7 Å². The number of hydrogen-bond acceptors (Lipinski definition) is 3. The first-order valence-electron chi connectivity index (χ1n) is 6.73. The van der Waals surface area contributed by atoms with Gasteiger partial charge in [0.2, 0.25) is 5.91 Å². The molecule has 1 aromatic rings. The Morgan fingerprint density at radius 1 is 1.35 bits per heavy atom. The van der Waals surface area contributed by atoms with Gasteiger partial charge < -0.3 is 9.64 Å². The lowest BCUT2D eigenvalue weighted by Gasteiger charge is -2.29. The summed E-state index contributed by atoms with van der Waals surface area (Å²) in [5.41, 5.74) is 0.640. The highest BCUT2D eigenvalue weighted by atomic mass is 79.9. The van der Waals surface area contributed by atoms with Crippen LogP contribution >= 0.6 is 15.9 Å². The molecule has 0 saturated carbocycles. The Hall–Kier alpha value is -1.20. The molecule has 1 heterocycles. The van der Waals surface area contributed by atoms with Crippen LogP contribution in [0.4, 0.5) is 0 Å². The second kappa shape index (κ2) is 6.99. The van der Waals surface area contributed by atoms with Crippen molar-refractivity contribution < 1.29 is 14.3 Å². The third kappa shape index (κ3) is 3.90. The van der Waals surface area contributed by atoms with Gasteiger partial charge in [0.25, 0.3) is 0 Å². The van der Waals surface area contributed by atoms with Crippen LogP contribution in [-0.4, -0.2) is 42.9 Å². The lowest BCUT2D eigenvalue weighted by atomic mass is 9.98. The number of hydrogen-bond donors (Lipinski definition) is 0. The molecule has 2 rings (SSSR count). The van der Waals surface area contributed by atoms with Gasteiger partial charge in [0, 0.05) is 35.5 Å². The zero-order valence-electron chi connectivity index (χ0n) is 11.5. The number of rotatable bonds is 4. The van der Waals surface area contributed by atoms with E-state index in [9.17, 15) is 9.59 Å². The van der Waals surface area contributed by atoms with Gasteiger partial charge in [-0.1, -0.05) is 35.0 Å². The van der Waals surface area contributed by atoms with Crippen molar-refractivity contribution in [2.24, 2.45) is 5.92 Å². The van der Waals surface area contributed by atoms with Crippen LogP contribution in [-0.2, 0) is 9.53 Å². The van der Waals surface area contributed by atoms with Crippen LogP contribution in [0.15, 0.2) is 28.7 Å².